The fraction of sp³-hybridized carbons (Fsp3) is 0.550. The maximum absolute atomic E-state index is 5.99. The van der Waals surface area contributed by atoms with Crippen molar-refractivity contribution < 1.29 is 9.47 Å². The van der Waals surface area contributed by atoms with Crippen molar-refractivity contribution in [3.63, 3.8) is 0 Å². The SMILES string of the molecule is CCCC1=CC=C(OCC(OCC)c2ccc(CC)cn2)CC1. The van der Waals surface area contributed by atoms with E-state index < -0.39 is 0 Å². The van der Waals surface area contributed by atoms with Crippen molar-refractivity contribution in [2.75, 3.05) is 13.2 Å². The van der Waals surface area contributed by atoms with Gasteiger partial charge in [-0.15, -0.1) is 0 Å². The van der Waals surface area contributed by atoms with Crippen LogP contribution in [0.4, 0.5) is 0 Å². The van der Waals surface area contributed by atoms with Gasteiger partial charge in [0.1, 0.15) is 12.7 Å². The van der Waals surface area contributed by atoms with Gasteiger partial charge in [0.25, 0.3) is 0 Å². The van der Waals surface area contributed by atoms with Gasteiger partial charge >= 0.3 is 0 Å². The lowest BCUT2D eigenvalue weighted by Crippen LogP contribution is -2.14. The van der Waals surface area contributed by atoms with Gasteiger partial charge in [-0.05, 0) is 43.9 Å². The van der Waals surface area contributed by atoms with E-state index in [-0.39, 0.29) is 6.10 Å². The molecule has 0 fully saturated rings. The van der Waals surface area contributed by atoms with Gasteiger partial charge in [0.2, 0.25) is 0 Å². The molecule has 1 aromatic heterocycles. The molecule has 0 saturated carbocycles. The summed E-state index contributed by atoms with van der Waals surface area (Å²) < 4.78 is 11.8. The molecule has 3 nitrogen and oxygen atoms in total. The van der Waals surface area contributed by atoms with E-state index in [2.05, 4.69) is 43.1 Å². The topological polar surface area (TPSA) is 31.4 Å². The monoisotopic (exact) mass is 315 g/mol. The third-order valence-electron chi connectivity index (χ3n) is 4.14. The highest BCUT2D eigenvalue weighted by Crippen LogP contribution is 2.24. The van der Waals surface area contributed by atoms with Crippen LogP contribution in [0.25, 0.3) is 0 Å². The second-order valence-corrected chi connectivity index (χ2v) is 5.91. The maximum atomic E-state index is 5.99. The largest absolute Gasteiger partial charge is 0.495 e. The Morgan fingerprint density at radius 3 is 2.57 bits per heavy atom. The summed E-state index contributed by atoms with van der Waals surface area (Å²) in [7, 11) is 0. The minimum atomic E-state index is -0.104. The van der Waals surface area contributed by atoms with Crippen molar-refractivity contribution in [1.82, 2.24) is 4.98 Å². The predicted octanol–water partition coefficient (Wildman–Crippen LogP) is 5.14. The van der Waals surface area contributed by atoms with Gasteiger partial charge in [-0.2, -0.15) is 0 Å². The van der Waals surface area contributed by atoms with Crippen LogP contribution in [-0.2, 0) is 15.9 Å². The fourth-order valence-electron chi connectivity index (χ4n) is 2.75. The maximum Gasteiger partial charge on any atom is 0.133 e. The zero-order chi connectivity index (χ0) is 16.5. The first kappa shape index (κ1) is 17.7. The van der Waals surface area contributed by atoms with Crippen LogP contribution in [0.2, 0.25) is 0 Å². The number of pyridine rings is 1. The fourth-order valence-corrected chi connectivity index (χ4v) is 2.75. The molecule has 0 amide bonds. The van der Waals surface area contributed by atoms with Crippen molar-refractivity contribution in [1.29, 1.82) is 0 Å². The van der Waals surface area contributed by atoms with E-state index in [0.717, 1.165) is 30.7 Å². The normalized spacial score (nSPS) is 15.8. The lowest BCUT2D eigenvalue weighted by molar-refractivity contribution is 0.00279. The molecule has 0 aromatic carbocycles. The molecule has 2 rings (SSSR count). The van der Waals surface area contributed by atoms with E-state index in [1.54, 1.807) is 0 Å². The highest BCUT2D eigenvalue weighted by atomic mass is 16.5. The quantitative estimate of drug-likeness (QED) is 0.632. The van der Waals surface area contributed by atoms with E-state index in [9.17, 15) is 0 Å². The van der Waals surface area contributed by atoms with E-state index in [1.807, 2.05) is 13.1 Å². The van der Waals surface area contributed by atoms with Crippen molar-refractivity contribution in [2.45, 2.75) is 59.0 Å². The molecule has 1 unspecified atom stereocenters. The predicted molar refractivity (Wildman–Crippen MR) is 94.2 cm³/mol. The highest BCUT2D eigenvalue weighted by Gasteiger charge is 2.16. The summed E-state index contributed by atoms with van der Waals surface area (Å²) in [5.74, 6) is 1.06. The van der Waals surface area contributed by atoms with E-state index in [4.69, 9.17) is 9.47 Å². The Morgan fingerprint density at radius 2 is 2.00 bits per heavy atom. The Bertz CT molecular complexity index is 531. The molecule has 3 heteroatoms. The summed E-state index contributed by atoms with van der Waals surface area (Å²) in [5, 5.41) is 0. The van der Waals surface area contributed by atoms with Crippen molar-refractivity contribution in [3.05, 3.63) is 53.1 Å². The number of nitrogens with zero attached hydrogens (tertiary/aromatic N) is 1. The van der Waals surface area contributed by atoms with Gasteiger partial charge in [0.05, 0.1) is 11.5 Å². The molecular weight excluding hydrogens is 286 g/mol. The highest BCUT2D eigenvalue weighted by molar-refractivity contribution is 5.21. The first-order valence-electron chi connectivity index (χ1n) is 8.84. The van der Waals surface area contributed by atoms with Gasteiger partial charge < -0.3 is 9.47 Å². The standard InChI is InChI=1S/C20H29NO2/c1-4-7-17-8-11-18(12-9-17)23-15-20(22-6-3)19-13-10-16(5-2)14-21-19/h8,10-11,13-14,20H,4-7,9,12,15H2,1-3H3. The van der Waals surface area contributed by atoms with E-state index >= 15 is 0 Å². The van der Waals surface area contributed by atoms with Crippen LogP contribution >= 0.6 is 0 Å². The lowest BCUT2D eigenvalue weighted by atomic mass is 10.00. The lowest BCUT2D eigenvalue weighted by Gasteiger charge is -2.20. The minimum Gasteiger partial charge on any atom is -0.495 e. The molecule has 126 valence electrons. The summed E-state index contributed by atoms with van der Waals surface area (Å²) >= 11 is 0. The second-order valence-electron chi connectivity index (χ2n) is 5.91. The Labute approximate surface area is 140 Å². The zero-order valence-electron chi connectivity index (χ0n) is 14.7. The molecule has 0 saturated heterocycles. The second kappa shape index (κ2) is 9.51. The molecule has 0 aliphatic heterocycles. The summed E-state index contributed by atoms with van der Waals surface area (Å²) in [6.45, 7) is 7.54. The molecule has 0 bridgehead atoms. The molecule has 1 aliphatic carbocycles. The van der Waals surface area contributed by atoms with Gasteiger partial charge in [-0.3, -0.25) is 4.98 Å². The molecular formula is C20H29NO2. The third-order valence-corrected chi connectivity index (χ3v) is 4.14. The van der Waals surface area contributed by atoms with E-state index in [0.29, 0.717) is 13.2 Å². The zero-order valence-corrected chi connectivity index (χ0v) is 14.7. The Kier molecular flexibility index (Phi) is 7.34. The number of aryl methyl sites for hydroxylation is 1. The number of rotatable bonds is 9. The van der Waals surface area contributed by atoms with Crippen LogP contribution in [0.3, 0.4) is 0 Å². The van der Waals surface area contributed by atoms with Crippen LogP contribution in [-0.4, -0.2) is 18.2 Å². The van der Waals surface area contributed by atoms with Crippen molar-refractivity contribution in [3.8, 4) is 0 Å². The first-order chi connectivity index (χ1) is 11.3. The Morgan fingerprint density at radius 1 is 1.13 bits per heavy atom. The summed E-state index contributed by atoms with van der Waals surface area (Å²) in [6, 6.07) is 4.17. The molecule has 0 radical (unpaired) electrons. The molecule has 0 spiro atoms. The molecule has 1 aromatic rings. The van der Waals surface area contributed by atoms with E-state index in [1.165, 1.54) is 24.0 Å². The average molecular weight is 315 g/mol. The Balaban J connectivity index is 1.94. The molecule has 1 atom stereocenters. The molecule has 23 heavy (non-hydrogen) atoms. The molecule has 0 N–H and O–H groups in total. The third kappa shape index (κ3) is 5.51. The van der Waals surface area contributed by atoms with Crippen LogP contribution in [0.5, 0.6) is 0 Å². The minimum absolute atomic E-state index is 0.104. The summed E-state index contributed by atoms with van der Waals surface area (Å²) in [4.78, 5) is 4.53. The number of aromatic nitrogens is 1. The van der Waals surface area contributed by atoms with Gasteiger partial charge in [0.15, 0.2) is 0 Å². The first-order valence-corrected chi connectivity index (χ1v) is 8.84. The van der Waals surface area contributed by atoms with Crippen LogP contribution in [0.15, 0.2) is 41.8 Å². The van der Waals surface area contributed by atoms with Crippen molar-refractivity contribution >= 4 is 0 Å². The molecule has 1 heterocycles. The summed E-state index contributed by atoms with van der Waals surface area (Å²) in [5.41, 5.74) is 3.72. The average Bonchev–Trinajstić information content (AvgIpc) is 2.60. The number of allylic oxidation sites excluding steroid dienone is 4. The van der Waals surface area contributed by atoms with Crippen molar-refractivity contribution in [2.24, 2.45) is 0 Å². The van der Waals surface area contributed by atoms with Gasteiger partial charge in [-0.1, -0.05) is 38.0 Å². The van der Waals surface area contributed by atoms with Crippen LogP contribution in [0, 0.1) is 0 Å². The van der Waals surface area contributed by atoms with Crippen LogP contribution < -0.4 is 0 Å². The van der Waals surface area contributed by atoms with Crippen LogP contribution in [0.1, 0.15) is 63.8 Å². The number of ether oxygens (including phenoxy) is 2. The number of hydrogen-bond donors (Lipinski definition) is 0. The van der Waals surface area contributed by atoms with Gasteiger partial charge in [-0.25, -0.2) is 0 Å². The summed E-state index contributed by atoms with van der Waals surface area (Å²) in [6.07, 6.45) is 11.7. The smallest absolute Gasteiger partial charge is 0.133 e. The molecule has 1 aliphatic rings. The number of hydrogen-bond acceptors (Lipinski definition) is 3. The Hall–Kier alpha value is -1.61. The van der Waals surface area contributed by atoms with Gasteiger partial charge in [0, 0.05) is 19.2 Å².